The van der Waals surface area contributed by atoms with Crippen molar-refractivity contribution < 1.29 is 9.84 Å². The minimum atomic E-state index is -0.0540. The van der Waals surface area contributed by atoms with E-state index in [-0.39, 0.29) is 6.10 Å². The van der Waals surface area contributed by atoms with Gasteiger partial charge in [0.05, 0.1) is 6.10 Å². The minimum Gasteiger partial charge on any atom is -0.393 e. The Labute approximate surface area is 99.4 Å². The van der Waals surface area contributed by atoms with Gasteiger partial charge < -0.3 is 9.84 Å². The van der Waals surface area contributed by atoms with E-state index in [2.05, 4.69) is 6.92 Å². The fraction of sp³-hybridized carbons (Fsp3) is 1.00. The van der Waals surface area contributed by atoms with Crippen LogP contribution in [-0.4, -0.2) is 24.4 Å². The summed E-state index contributed by atoms with van der Waals surface area (Å²) >= 11 is 0. The van der Waals surface area contributed by atoms with Crippen molar-refractivity contribution in [3.63, 3.8) is 0 Å². The van der Waals surface area contributed by atoms with E-state index in [4.69, 9.17) is 4.74 Å². The summed E-state index contributed by atoms with van der Waals surface area (Å²) in [5.41, 5.74) is 0. The van der Waals surface area contributed by atoms with Gasteiger partial charge in [0.15, 0.2) is 0 Å². The van der Waals surface area contributed by atoms with E-state index in [1.165, 1.54) is 32.1 Å². The molecule has 0 aromatic rings. The third kappa shape index (κ3) is 2.98. The highest BCUT2D eigenvalue weighted by Gasteiger charge is 2.31. The number of ether oxygens (including phenoxy) is 1. The van der Waals surface area contributed by atoms with Crippen LogP contribution in [0.2, 0.25) is 0 Å². The lowest BCUT2D eigenvalue weighted by molar-refractivity contribution is -0.0283. The van der Waals surface area contributed by atoms with Gasteiger partial charge in [-0.15, -0.1) is 0 Å². The Morgan fingerprint density at radius 3 is 2.12 bits per heavy atom. The molecule has 0 amide bonds. The normalized spacial score (nSPS) is 34.9. The Morgan fingerprint density at radius 1 is 1.00 bits per heavy atom. The number of hydrogen-bond acceptors (Lipinski definition) is 2. The number of aliphatic hydroxyl groups is 1. The summed E-state index contributed by atoms with van der Waals surface area (Å²) in [6, 6.07) is 0. The van der Waals surface area contributed by atoms with Crippen LogP contribution in [0.3, 0.4) is 0 Å². The summed E-state index contributed by atoms with van der Waals surface area (Å²) in [7, 11) is 0. The highest BCUT2D eigenvalue weighted by atomic mass is 16.5. The second kappa shape index (κ2) is 6.02. The maximum absolute atomic E-state index is 10.4. The maximum Gasteiger partial charge on any atom is 0.0598 e. The SMILES string of the molecule is CCC1CCC(C(O)C2CCOCC2)CC1. The fourth-order valence-corrected chi connectivity index (χ4v) is 3.38. The molecule has 1 aliphatic carbocycles. The molecule has 94 valence electrons. The van der Waals surface area contributed by atoms with Crippen LogP contribution in [0.5, 0.6) is 0 Å². The van der Waals surface area contributed by atoms with E-state index in [9.17, 15) is 5.11 Å². The average Bonchev–Trinajstić information content (AvgIpc) is 2.39. The van der Waals surface area contributed by atoms with Crippen LogP contribution in [0.4, 0.5) is 0 Å². The zero-order chi connectivity index (χ0) is 11.4. The van der Waals surface area contributed by atoms with Gasteiger partial charge in [-0.2, -0.15) is 0 Å². The van der Waals surface area contributed by atoms with Crippen LogP contribution < -0.4 is 0 Å². The van der Waals surface area contributed by atoms with Crippen LogP contribution >= 0.6 is 0 Å². The third-order valence-corrected chi connectivity index (χ3v) is 4.70. The van der Waals surface area contributed by atoms with E-state index in [0.29, 0.717) is 11.8 Å². The van der Waals surface area contributed by atoms with Crippen LogP contribution in [0.1, 0.15) is 51.9 Å². The van der Waals surface area contributed by atoms with Gasteiger partial charge in [0.1, 0.15) is 0 Å². The summed E-state index contributed by atoms with van der Waals surface area (Å²) in [4.78, 5) is 0. The van der Waals surface area contributed by atoms with Crippen molar-refractivity contribution >= 4 is 0 Å². The Balaban J connectivity index is 1.78. The van der Waals surface area contributed by atoms with Crippen molar-refractivity contribution in [2.24, 2.45) is 17.8 Å². The molecule has 0 radical (unpaired) electrons. The molecular weight excluding hydrogens is 200 g/mol. The number of aliphatic hydroxyl groups excluding tert-OH is 1. The fourth-order valence-electron chi connectivity index (χ4n) is 3.38. The van der Waals surface area contributed by atoms with Crippen molar-refractivity contribution in [2.45, 2.75) is 58.0 Å². The maximum atomic E-state index is 10.4. The van der Waals surface area contributed by atoms with E-state index in [0.717, 1.165) is 32.0 Å². The van der Waals surface area contributed by atoms with Crippen LogP contribution in [0, 0.1) is 17.8 Å². The molecule has 1 atom stereocenters. The lowest BCUT2D eigenvalue weighted by Crippen LogP contribution is -2.35. The van der Waals surface area contributed by atoms with Gasteiger partial charge in [-0.25, -0.2) is 0 Å². The van der Waals surface area contributed by atoms with Crippen LogP contribution in [0.25, 0.3) is 0 Å². The van der Waals surface area contributed by atoms with Gasteiger partial charge in [0, 0.05) is 13.2 Å². The molecule has 1 saturated heterocycles. The predicted octanol–water partition coefficient (Wildman–Crippen LogP) is 2.99. The Morgan fingerprint density at radius 2 is 1.56 bits per heavy atom. The molecule has 2 fully saturated rings. The Hall–Kier alpha value is -0.0800. The van der Waals surface area contributed by atoms with Gasteiger partial charge in [-0.1, -0.05) is 26.2 Å². The first-order valence-corrected chi connectivity index (χ1v) is 7.07. The topological polar surface area (TPSA) is 29.5 Å². The Kier molecular flexibility index (Phi) is 4.66. The second-order valence-corrected chi connectivity index (χ2v) is 5.63. The average molecular weight is 226 g/mol. The first-order chi connectivity index (χ1) is 7.81. The molecule has 0 spiro atoms. The monoisotopic (exact) mass is 226 g/mol. The number of hydrogen-bond donors (Lipinski definition) is 1. The highest BCUT2D eigenvalue weighted by Crippen LogP contribution is 2.36. The Bertz CT molecular complexity index is 191. The van der Waals surface area contributed by atoms with Gasteiger partial charge in [-0.05, 0) is 43.4 Å². The molecule has 2 nitrogen and oxygen atoms in total. The largest absolute Gasteiger partial charge is 0.393 e. The van der Waals surface area contributed by atoms with Gasteiger partial charge in [0.25, 0.3) is 0 Å². The van der Waals surface area contributed by atoms with Gasteiger partial charge in [-0.3, -0.25) is 0 Å². The smallest absolute Gasteiger partial charge is 0.0598 e. The second-order valence-electron chi connectivity index (χ2n) is 5.63. The van der Waals surface area contributed by atoms with Crippen molar-refractivity contribution in [1.29, 1.82) is 0 Å². The summed E-state index contributed by atoms with van der Waals surface area (Å²) < 4.78 is 5.36. The molecule has 1 N–H and O–H groups in total. The minimum absolute atomic E-state index is 0.0540. The molecule has 2 rings (SSSR count). The molecule has 0 bridgehead atoms. The van der Waals surface area contributed by atoms with Crippen LogP contribution in [-0.2, 0) is 4.74 Å². The highest BCUT2D eigenvalue weighted by molar-refractivity contribution is 4.82. The first-order valence-electron chi connectivity index (χ1n) is 7.07. The van der Waals surface area contributed by atoms with E-state index >= 15 is 0 Å². The van der Waals surface area contributed by atoms with Crippen LogP contribution in [0.15, 0.2) is 0 Å². The van der Waals surface area contributed by atoms with Crippen molar-refractivity contribution in [3.8, 4) is 0 Å². The lowest BCUT2D eigenvalue weighted by atomic mass is 9.74. The predicted molar refractivity (Wildman–Crippen MR) is 65.3 cm³/mol. The number of rotatable bonds is 3. The molecule has 16 heavy (non-hydrogen) atoms. The third-order valence-electron chi connectivity index (χ3n) is 4.70. The first kappa shape index (κ1) is 12.4. The summed E-state index contributed by atoms with van der Waals surface area (Å²) in [5, 5.41) is 10.4. The molecular formula is C14H26O2. The molecule has 0 aromatic carbocycles. The zero-order valence-electron chi connectivity index (χ0n) is 10.5. The lowest BCUT2D eigenvalue weighted by Gasteiger charge is -2.36. The quantitative estimate of drug-likeness (QED) is 0.801. The molecule has 1 unspecified atom stereocenters. The molecule has 1 heterocycles. The van der Waals surface area contributed by atoms with Crippen molar-refractivity contribution in [2.75, 3.05) is 13.2 Å². The summed E-state index contributed by atoms with van der Waals surface area (Å²) in [5.74, 6) is 2.01. The van der Waals surface area contributed by atoms with Crippen molar-refractivity contribution in [3.05, 3.63) is 0 Å². The van der Waals surface area contributed by atoms with E-state index < -0.39 is 0 Å². The molecule has 1 saturated carbocycles. The standard InChI is InChI=1S/C14H26O2/c1-2-11-3-5-12(6-4-11)14(15)13-7-9-16-10-8-13/h11-15H,2-10H2,1H3. The van der Waals surface area contributed by atoms with Gasteiger partial charge in [0.2, 0.25) is 0 Å². The van der Waals surface area contributed by atoms with Crippen molar-refractivity contribution in [1.82, 2.24) is 0 Å². The van der Waals surface area contributed by atoms with E-state index in [1.807, 2.05) is 0 Å². The van der Waals surface area contributed by atoms with Gasteiger partial charge >= 0.3 is 0 Å². The molecule has 2 heteroatoms. The van der Waals surface area contributed by atoms with E-state index in [1.54, 1.807) is 0 Å². The zero-order valence-corrected chi connectivity index (χ0v) is 10.5. The summed E-state index contributed by atoms with van der Waals surface area (Å²) in [6.45, 7) is 4.00. The molecule has 2 aliphatic rings. The molecule has 0 aromatic heterocycles. The summed E-state index contributed by atoms with van der Waals surface area (Å²) in [6.07, 6.45) is 8.56. The molecule has 1 aliphatic heterocycles.